The standard InChI is InChI=1S/C21H28N2O6S/c1-13-8-16(11-19(14(13)2)30(25,26)23(3)4)21(24)22-12-15-9-17(27-5)20(29-7)18(10-15)28-6/h8-11H,12H2,1-7H3,(H,22,24). The number of nitrogens with one attached hydrogen (secondary N) is 1. The molecule has 1 amide bonds. The van der Waals surface area contributed by atoms with Gasteiger partial charge in [-0.05, 0) is 54.8 Å². The third-order valence-electron chi connectivity index (χ3n) is 4.82. The highest BCUT2D eigenvalue weighted by Crippen LogP contribution is 2.38. The molecule has 0 spiro atoms. The van der Waals surface area contributed by atoms with Crippen molar-refractivity contribution in [2.45, 2.75) is 25.3 Å². The van der Waals surface area contributed by atoms with E-state index in [-0.39, 0.29) is 22.9 Å². The number of methoxy groups -OCH3 is 3. The van der Waals surface area contributed by atoms with E-state index < -0.39 is 10.0 Å². The predicted octanol–water partition coefficient (Wildman–Crippen LogP) is 2.51. The Kier molecular flexibility index (Phi) is 7.33. The van der Waals surface area contributed by atoms with Crippen LogP contribution in [0.1, 0.15) is 27.0 Å². The van der Waals surface area contributed by atoms with Gasteiger partial charge in [-0.2, -0.15) is 0 Å². The van der Waals surface area contributed by atoms with E-state index in [4.69, 9.17) is 14.2 Å². The number of amides is 1. The first-order chi connectivity index (χ1) is 14.1. The molecule has 0 aliphatic carbocycles. The Labute approximate surface area is 177 Å². The lowest BCUT2D eigenvalue weighted by atomic mass is 10.1. The summed E-state index contributed by atoms with van der Waals surface area (Å²) in [4.78, 5) is 12.9. The first kappa shape index (κ1) is 23.5. The highest BCUT2D eigenvalue weighted by Gasteiger charge is 2.23. The van der Waals surface area contributed by atoms with Gasteiger partial charge in [-0.1, -0.05) is 0 Å². The molecule has 164 valence electrons. The normalized spacial score (nSPS) is 11.3. The van der Waals surface area contributed by atoms with E-state index in [0.717, 1.165) is 15.4 Å². The Morgan fingerprint density at radius 3 is 2.00 bits per heavy atom. The fraction of sp³-hybridized carbons (Fsp3) is 0.381. The molecule has 30 heavy (non-hydrogen) atoms. The first-order valence-electron chi connectivity index (χ1n) is 9.17. The molecule has 0 bridgehead atoms. The third-order valence-corrected chi connectivity index (χ3v) is 6.76. The minimum atomic E-state index is -3.67. The van der Waals surface area contributed by atoms with Gasteiger partial charge >= 0.3 is 0 Å². The lowest BCUT2D eigenvalue weighted by molar-refractivity contribution is 0.0950. The number of rotatable bonds is 8. The van der Waals surface area contributed by atoms with Gasteiger partial charge in [0.25, 0.3) is 5.91 Å². The van der Waals surface area contributed by atoms with Gasteiger partial charge in [0, 0.05) is 26.2 Å². The van der Waals surface area contributed by atoms with Crippen LogP contribution in [0.15, 0.2) is 29.2 Å². The highest BCUT2D eigenvalue weighted by atomic mass is 32.2. The van der Waals surface area contributed by atoms with E-state index >= 15 is 0 Å². The molecule has 2 rings (SSSR count). The zero-order valence-corrected chi connectivity index (χ0v) is 19.1. The summed E-state index contributed by atoms with van der Waals surface area (Å²) in [6.07, 6.45) is 0. The predicted molar refractivity (Wildman–Crippen MR) is 114 cm³/mol. The van der Waals surface area contributed by atoms with Crippen molar-refractivity contribution in [1.82, 2.24) is 9.62 Å². The number of hydrogen-bond donors (Lipinski definition) is 1. The van der Waals surface area contributed by atoms with Crippen LogP contribution in [0, 0.1) is 13.8 Å². The van der Waals surface area contributed by atoms with E-state index in [0.29, 0.717) is 22.8 Å². The van der Waals surface area contributed by atoms with Crippen molar-refractivity contribution in [2.24, 2.45) is 0 Å². The smallest absolute Gasteiger partial charge is 0.251 e. The highest BCUT2D eigenvalue weighted by molar-refractivity contribution is 7.89. The van der Waals surface area contributed by atoms with Gasteiger partial charge in [-0.15, -0.1) is 0 Å². The van der Waals surface area contributed by atoms with Crippen LogP contribution in [-0.2, 0) is 16.6 Å². The number of benzene rings is 2. The second-order valence-corrected chi connectivity index (χ2v) is 9.04. The minimum absolute atomic E-state index is 0.116. The van der Waals surface area contributed by atoms with Gasteiger partial charge in [0.15, 0.2) is 11.5 Å². The molecular weight excluding hydrogens is 408 g/mol. The topological polar surface area (TPSA) is 94.2 Å². The number of sulfonamides is 1. The lowest BCUT2D eigenvalue weighted by Crippen LogP contribution is -2.26. The monoisotopic (exact) mass is 436 g/mol. The molecule has 0 radical (unpaired) electrons. The Bertz CT molecular complexity index is 1020. The van der Waals surface area contributed by atoms with Crippen molar-refractivity contribution in [2.75, 3.05) is 35.4 Å². The second-order valence-electron chi connectivity index (χ2n) is 6.92. The van der Waals surface area contributed by atoms with Crippen molar-refractivity contribution < 1.29 is 27.4 Å². The van der Waals surface area contributed by atoms with Gasteiger partial charge in [0.1, 0.15) is 0 Å². The number of aryl methyl sites for hydroxylation is 1. The van der Waals surface area contributed by atoms with E-state index in [1.54, 1.807) is 32.0 Å². The quantitative estimate of drug-likeness (QED) is 0.683. The van der Waals surface area contributed by atoms with Crippen LogP contribution in [-0.4, -0.2) is 54.1 Å². The van der Waals surface area contributed by atoms with Crippen LogP contribution in [0.2, 0.25) is 0 Å². The van der Waals surface area contributed by atoms with Crippen LogP contribution in [0.3, 0.4) is 0 Å². The van der Waals surface area contributed by atoms with Crippen molar-refractivity contribution >= 4 is 15.9 Å². The second kappa shape index (κ2) is 9.36. The molecule has 1 N–H and O–H groups in total. The molecule has 0 fully saturated rings. The summed E-state index contributed by atoms with van der Waals surface area (Å²) in [6.45, 7) is 3.70. The minimum Gasteiger partial charge on any atom is -0.493 e. The van der Waals surface area contributed by atoms with E-state index in [1.165, 1.54) is 41.5 Å². The molecule has 0 unspecified atom stereocenters. The average molecular weight is 437 g/mol. The summed E-state index contributed by atoms with van der Waals surface area (Å²) in [5.74, 6) is 1.03. The number of nitrogens with zero attached hydrogens (tertiary/aromatic N) is 1. The van der Waals surface area contributed by atoms with E-state index in [2.05, 4.69) is 5.32 Å². The van der Waals surface area contributed by atoms with Crippen LogP contribution in [0.4, 0.5) is 0 Å². The van der Waals surface area contributed by atoms with E-state index in [1.807, 2.05) is 0 Å². The molecule has 0 aliphatic rings. The lowest BCUT2D eigenvalue weighted by Gasteiger charge is -2.17. The van der Waals surface area contributed by atoms with Crippen molar-refractivity contribution in [1.29, 1.82) is 0 Å². The molecular formula is C21H28N2O6S. The summed E-state index contributed by atoms with van der Waals surface area (Å²) in [5, 5.41) is 2.81. The molecule has 9 heteroatoms. The zero-order chi connectivity index (χ0) is 22.6. The van der Waals surface area contributed by atoms with Crippen LogP contribution < -0.4 is 19.5 Å². The maximum absolute atomic E-state index is 12.8. The SMILES string of the molecule is COc1cc(CNC(=O)c2cc(C)c(C)c(S(=O)(=O)N(C)C)c2)cc(OC)c1OC. The van der Waals surface area contributed by atoms with Gasteiger partial charge in [-0.25, -0.2) is 12.7 Å². The van der Waals surface area contributed by atoms with Gasteiger partial charge in [0.2, 0.25) is 15.8 Å². The zero-order valence-electron chi connectivity index (χ0n) is 18.3. The number of hydrogen-bond acceptors (Lipinski definition) is 6. The summed E-state index contributed by atoms with van der Waals surface area (Å²) < 4.78 is 42.3. The maximum Gasteiger partial charge on any atom is 0.251 e. The molecule has 0 aliphatic heterocycles. The number of ether oxygens (including phenoxy) is 3. The summed E-state index contributed by atoms with van der Waals surface area (Å²) >= 11 is 0. The van der Waals surface area contributed by atoms with Gasteiger partial charge < -0.3 is 19.5 Å². The summed E-state index contributed by atoms with van der Waals surface area (Å²) in [5.41, 5.74) is 2.34. The van der Waals surface area contributed by atoms with E-state index in [9.17, 15) is 13.2 Å². The van der Waals surface area contributed by atoms with Crippen LogP contribution in [0.5, 0.6) is 17.2 Å². The summed E-state index contributed by atoms with van der Waals surface area (Å²) in [6, 6.07) is 6.56. The molecule has 0 saturated heterocycles. The summed E-state index contributed by atoms with van der Waals surface area (Å²) in [7, 11) is 3.79. The Morgan fingerprint density at radius 1 is 0.967 bits per heavy atom. The third kappa shape index (κ3) is 4.68. The maximum atomic E-state index is 12.8. The van der Waals surface area contributed by atoms with Gasteiger partial charge in [-0.3, -0.25) is 4.79 Å². The number of carbonyl (C=O) groups is 1. The Hall–Kier alpha value is -2.78. The molecule has 2 aromatic carbocycles. The van der Waals surface area contributed by atoms with Gasteiger partial charge in [0.05, 0.1) is 26.2 Å². The molecule has 0 aromatic heterocycles. The fourth-order valence-electron chi connectivity index (χ4n) is 2.94. The first-order valence-corrected chi connectivity index (χ1v) is 10.6. The van der Waals surface area contributed by atoms with Crippen LogP contribution >= 0.6 is 0 Å². The van der Waals surface area contributed by atoms with Crippen molar-refractivity contribution in [3.05, 3.63) is 46.5 Å². The Morgan fingerprint density at radius 2 is 1.53 bits per heavy atom. The average Bonchev–Trinajstić information content (AvgIpc) is 2.72. The molecule has 2 aromatic rings. The molecule has 8 nitrogen and oxygen atoms in total. The molecule has 0 atom stereocenters. The van der Waals surface area contributed by atoms with Crippen molar-refractivity contribution in [3.63, 3.8) is 0 Å². The number of carbonyl (C=O) groups excluding carboxylic acids is 1. The Balaban J connectivity index is 2.33. The van der Waals surface area contributed by atoms with Crippen molar-refractivity contribution in [3.8, 4) is 17.2 Å². The van der Waals surface area contributed by atoms with Crippen LogP contribution in [0.25, 0.3) is 0 Å². The largest absolute Gasteiger partial charge is 0.493 e. The molecule has 0 saturated carbocycles. The molecule has 0 heterocycles. The fourth-order valence-corrected chi connectivity index (χ4v) is 4.16.